The molecule has 0 radical (unpaired) electrons. The van der Waals surface area contributed by atoms with Crippen molar-refractivity contribution < 1.29 is 19.1 Å². The molecular formula is C17H29N5O4. The average molecular weight is 367 g/mol. The maximum atomic E-state index is 12.0. The van der Waals surface area contributed by atoms with E-state index >= 15 is 0 Å². The highest BCUT2D eigenvalue weighted by molar-refractivity contribution is 6.01. The summed E-state index contributed by atoms with van der Waals surface area (Å²) in [5.74, 6) is -0.0318. The molecule has 0 aromatic carbocycles. The summed E-state index contributed by atoms with van der Waals surface area (Å²) in [6.45, 7) is 10.8. The Balaban J connectivity index is 2.76. The van der Waals surface area contributed by atoms with Crippen LogP contribution in [0, 0.1) is 0 Å². The number of nitrogens with zero attached hydrogens (tertiary/aromatic N) is 3. The third kappa shape index (κ3) is 9.05. The van der Waals surface area contributed by atoms with Gasteiger partial charge in [-0.1, -0.05) is 0 Å². The van der Waals surface area contributed by atoms with Crippen molar-refractivity contribution in [3.8, 4) is 0 Å². The number of amides is 2. The lowest BCUT2D eigenvalue weighted by Gasteiger charge is -2.22. The smallest absolute Gasteiger partial charge is 0.414 e. The maximum absolute atomic E-state index is 12.0. The molecule has 0 atom stereocenters. The van der Waals surface area contributed by atoms with E-state index in [4.69, 9.17) is 9.47 Å². The van der Waals surface area contributed by atoms with Crippen LogP contribution in [0.2, 0.25) is 0 Å². The lowest BCUT2D eigenvalue weighted by atomic mass is 10.2. The van der Waals surface area contributed by atoms with Crippen LogP contribution in [0.1, 0.15) is 47.2 Å². The Bertz CT molecular complexity index is 621. The number of ether oxygens (including phenoxy) is 2. The standard InChI is InChI=1S/C17H29N5O4/c1-16(2,3)25-14(23)20-13(21-15(24)26-17(4,5)6)18-10-8-12-9-11-19-22(12)7/h9,11H,8,10H2,1-7H3,(H2,18,20,21,23,24). The predicted octanol–water partition coefficient (Wildman–Crippen LogP) is 2.37. The van der Waals surface area contributed by atoms with Gasteiger partial charge in [-0.2, -0.15) is 5.10 Å². The molecule has 0 saturated heterocycles. The van der Waals surface area contributed by atoms with E-state index in [1.54, 1.807) is 52.4 Å². The van der Waals surface area contributed by atoms with Crippen LogP contribution < -0.4 is 10.6 Å². The zero-order valence-corrected chi connectivity index (χ0v) is 16.5. The number of aromatic nitrogens is 2. The molecule has 0 spiro atoms. The zero-order valence-electron chi connectivity index (χ0n) is 16.5. The molecule has 0 aliphatic carbocycles. The number of nitrogens with one attached hydrogen (secondary N) is 2. The van der Waals surface area contributed by atoms with Gasteiger partial charge >= 0.3 is 12.2 Å². The highest BCUT2D eigenvalue weighted by atomic mass is 16.6. The van der Waals surface area contributed by atoms with Crippen LogP contribution in [0.5, 0.6) is 0 Å². The second kappa shape index (κ2) is 8.68. The normalized spacial score (nSPS) is 11.5. The number of hydrogen-bond acceptors (Lipinski definition) is 6. The van der Waals surface area contributed by atoms with E-state index in [1.165, 1.54) is 0 Å². The summed E-state index contributed by atoms with van der Waals surface area (Å²) >= 11 is 0. The zero-order chi connectivity index (χ0) is 20.0. The van der Waals surface area contributed by atoms with E-state index < -0.39 is 23.4 Å². The second-order valence-electron chi connectivity index (χ2n) is 7.68. The minimum Gasteiger partial charge on any atom is -0.444 e. The van der Waals surface area contributed by atoms with Crippen LogP contribution >= 0.6 is 0 Å². The minimum absolute atomic E-state index is 0.0318. The molecule has 146 valence electrons. The van der Waals surface area contributed by atoms with Gasteiger partial charge < -0.3 is 9.47 Å². The third-order valence-corrected chi connectivity index (χ3v) is 2.80. The first-order valence-corrected chi connectivity index (χ1v) is 8.37. The third-order valence-electron chi connectivity index (χ3n) is 2.80. The molecule has 2 N–H and O–H groups in total. The molecule has 1 aromatic heterocycles. The summed E-state index contributed by atoms with van der Waals surface area (Å²) in [6, 6.07) is 1.87. The highest BCUT2D eigenvalue weighted by Gasteiger charge is 2.21. The van der Waals surface area contributed by atoms with E-state index in [0.29, 0.717) is 13.0 Å². The first kappa shape index (κ1) is 21.5. The van der Waals surface area contributed by atoms with Crippen molar-refractivity contribution in [1.29, 1.82) is 0 Å². The number of aryl methyl sites for hydroxylation is 1. The molecule has 1 aromatic rings. The molecule has 1 heterocycles. The molecule has 1 rings (SSSR count). The summed E-state index contributed by atoms with van der Waals surface area (Å²) < 4.78 is 12.1. The summed E-state index contributed by atoms with van der Waals surface area (Å²) in [5, 5.41) is 8.96. The Kier molecular flexibility index (Phi) is 7.17. The first-order chi connectivity index (χ1) is 11.9. The van der Waals surface area contributed by atoms with Gasteiger partial charge in [-0.15, -0.1) is 0 Å². The van der Waals surface area contributed by atoms with Crippen LogP contribution in [0.4, 0.5) is 9.59 Å². The van der Waals surface area contributed by atoms with Crippen LogP contribution in [0.25, 0.3) is 0 Å². The van der Waals surface area contributed by atoms with Gasteiger partial charge in [0.25, 0.3) is 0 Å². The van der Waals surface area contributed by atoms with Crippen molar-refractivity contribution in [1.82, 2.24) is 20.4 Å². The Hall–Kier alpha value is -2.58. The maximum Gasteiger partial charge on any atom is 0.414 e. The van der Waals surface area contributed by atoms with Crippen LogP contribution in [-0.4, -0.2) is 45.7 Å². The van der Waals surface area contributed by atoms with Gasteiger partial charge in [0, 0.05) is 31.9 Å². The van der Waals surface area contributed by atoms with Gasteiger partial charge in [0.15, 0.2) is 0 Å². The van der Waals surface area contributed by atoms with E-state index in [-0.39, 0.29) is 5.96 Å². The van der Waals surface area contributed by atoms with Gasteiger partial charge in [0.05, 0.1) is 0 Å². The fourth-order valence-electron chi connectivity index (χ4n) is 1.84. The minimum atomic E-state index is -0.715. The average Bonchev–Trinajstić information content (AvgIpc) is 2.79. The predicted molar refractivity (Wildman–Crippen MR) is 98.0 cm³/mol. The van der Waals surface area contributed by atoms with Crippen LogP contribution in [0.15, 0.2) is 17.3 Å². The van der Waals surface area contributed by atoms with E-state index in [9.17, 15) is 9.59 Å². The molecule has 26 heavy (non-hydrogen) atoms. The second-order valence-corrected chi connectivity index (χ2v) is 7.68. The van der Waals surface area contributed by atoms with Crippen LogP contribution in [0.3, 0.4) is 0 Å². The first-order valence-electron chi connectivity index (χ1n) is 8.37. The molecule has 0 unspecified atom stereocenters. The lowest BCUT2D eigenvalue weighted by molar-refractivity contribution is 0.0545. The summed E-state index contributed by atoms with van der Waals surface area (Å²) in [7, 11) is 1.83. The number of rotatable bonds is 3. The molecule has 0 saturated carbocycles. The van der Waals surface area contributed by atoms with Crippen molar-refractivity contribution >= 4 is 18.1 Å². The van der Waals surface area contributed by atoms with Crippen molar-refractivity contribution in [3.05, 3.63) is 18.0 Å². The molecule has 0 bridgehead atoms. The molecular weight excluding hydrogens is 338 g/mol. The van der Waals surface area contributed by atoms with Crippen molar-refractivity contribution in [2.24, 2.45) is 12.0 Å². The number of hydrogen-bond donors (Lipinski definition) is 2. The quantitative estimate of drug-likeness (QED) is 0.630. The van der Waals surface area contributed by atoms with Crippen LogP contribution in [-0.2, 0) is 22.9 Å². The van der Waals surface area contributed by atoms with E-state index in [0.717, 1.165) is 5.69 Å². The Labute approximate surface area is 154 Å². The van der Waals surface area contributed by atoms with Gasteiger partial charge in [-0.25, -0.2) is 9.59 Å². The molecule has 9 nitrogen and oxygen atoms in total. The topological polar surface area (TPSA) is 107 Å². The molecule has 2 amide bonds. The summed E-state index contributed by atoms with van der Waals surface area (Å²) in [5.41, 5.74) is -0.367. The SMILES string of the molecule is Cn1nccc1CCN=C(NC(=O)OC(C)(C)C)NC(=O)OC(C)(C)C. The Morgan fingerprint density at radius 2 is 1.58 bits per heavy atom. The number of aliphatic imine (C=N–C) groups is 1. The number of alkyl carbamates (subject to hydrolysis) is 2. The largest absolute Gasteiger partial charge is 0.444 e. The monoisotopic (exact) mass is 367 g/mol. The highest BCUT2D eigenvalue weighted by Crippen LogP contribution is 2.07. The van der Waals surface area contributed by atoms with Gasteiger partial charge in [0.2, 0.25) is 5.96 Å². The van der Waals surface area contributed by atoms with Gasteiger partial charge in [-0.05, 0) is 47.6 Å². The van der Waals surface area contributed by atoms with E-state index in [1.807, 2.05) is 13.1 Å². The number of carbonyl (C=O) groups is 2. The fourth-order valence-corrected chi connectivity index (χ4v) is 1.84. The Morgan fingerprint density at radius 1 is 1.08 bits per heavy atom. The van der Waals surface area contributed by atoms with Crippen molar-refractivity contribution in [2.75, 3.05) is 6.54 Å². The molecule has 0 aliphatic heterocycles. The van der Waals surface area contributed by atoms with Gasteiger partial charge in [0.1, 0.15) is 11.2 Å². The molecule has 0 fully saturated rings. The Morgan fingerprint density at radius 3 is 1.96 bits per heavy atom. The lowest BCUT2D eigenvalue weighted by Crippen LogP contribution is -2.47. The number of guanidine groups is 1. The molecule has 0 aliphatic rings. The summed E-state index contributed by atoms with van der Waals surface area (Å²) in [6.07, 6.45) is 0.852. The van der Waals surface area contributed by atoms with Gasteiger partial charge in [-0.3, -0.25) is 20.3 Å². The van der Waals surface area contributed by atoms with E-state index in [2.05, 4.69) is 20.7 Å². The summed E-state index contributed by atoms with van der Waals surface area (Å²) in [4.78, 5) is 28.2. The van der Waals surface area contributed by atoms with Crippen molar-refractivity contribution in [3.63, 3.8) is 0 Å². The fraction of sp³-hybridized carbons (Fsp3) is 0.647. The number of carbonyl (C=O) groups excluding carboxylic acids is 2. The van der Waals surface area contributed by atoms with Crippen molar-refractivity contribution in [2.45, 2.75) is 59.2 Å². The molecule has 9 heteroatoms.